The van der Waals surface area contributed by atoms with Crippen molar-refractivity contribution < 1.29 is 13.9 Å². The highest BCUT2D eigenvalue weighted by Gasteiger charge is 2.45. The van der Waals surface area contributed by atoms with Gasteiger partial charge in [-0.15, -0.1) is 0 Å². The number of amides is 1. The molecule has 2 aromatic heterocycles. The van der Waals surface area contributed by atoms with Gasteiger partial charge in [-0.3, -0.25) is 9.20 Å². The van der Waals surface area contributed by atoms with Gasteiger partial charge in [-0.2, -0.15) is 13.5 Å². The number of nitrogens with zero attached hydrogens (tertiary/aromatic N) is 4. The van der Waals surface area contributed by atoms with Crippen LogP contribution in [0.3, 0.4) is 0 Å². The number of carbonyl (C=O) groups is 1. The number of hydrogen-bond acceptors (Lipinski definition) is 6. The van der Waals surface area contributed by atoms with Gasteiger partial charge in [-0.1, -0.05) is 18.5 Å². The first kappa shape index (κ1) is 28.0. The van der Waals surface area contributed by atoms with E-state index in [0.717, 1.165) is 12.8 Å². The highest BCUT2D eigenvalue weighted by molar-refractivity contribution is 7.59. The number of ether oxygens (including phenoxy) is 1. The molecule has 1 saturated carbocycles. The molecular formula is C25H34ClFN6O2S. The molecule has 0 bridgehead atoms. The SMILES string of the molecule is Cc1nc([C@@H](C)c2cc(Cl)c(F)c(C(=O)NC3(CN(C)C)CC3)c2OC(C)C)n2ccnc(N)c12.S. The number of fused-ring (bicyclic) bond motifs is 1. The number of likely N-dealkylation sites (N-methyl/N-ethyl adjacent to an activating group) is 1. The Kier molecular flexibility index (Phi) is 8.12. The van der Waals surface area contributed by atoms with Gasteiger partial charge in [0, 0.05) is 30.4 Å². The lowest BCUT2D eigenvalue weighted by Gasteiger charge is -2.25. The van der Waals surface area contributed by atoms with Gasteiger partial charge in [0.25, 0.3) is 5.91 Å². The van der Waals surface area contributed by atoms with Crippen molar-refractivity contribution in [1.82, 2.24) is 24.6 Å². The van der Waals surface area contributed by atoms with Gasteiger partial charge in [0.05, 0.1) is 22.4 Å². The van der Waals surface area contributed by atoms with Crippen molar-refractivity contribution in [3.63, 3.8) is 0 Å². The van der Waals surface area contributed by atoms with E-state index in [2.05, 4.69) is 10.3 Å². The fourth-order valence-electron chi connectivity index (χ4n) is 4.61. The van der Waals surface area contributed by atoms with Crippen LogP contribution in [-0.2, 0) is 0 Å². The van der Waals surface area contributed by atoms with Crippen LogP contribution in [0.2, 0.25) is 5.02 Å². The summed E-state index contributed by atoms with van der Waals surface area (Å²) < 4.78 is 23.4. The van der Waals surface area contributed by atoms with Crippen LogP contribution in [-0.4, -0.2) is 57.5 Å². The van der Waals surface area contributed by atoms with Crippen molar-refractivity contribution in [1.29, 1.82) is 0 Å². The van der Waals surface area contributed by atoms with Crippen LogP contribution in [0, 0.1) is 12.7 Å². The molecule has 0 spiro atoms. The fourth-order valence-corrected chi connectivity index (χ4v) is 4.82. The normalized spacial score (nSPS) is 15.2. The zero-order valence-electron chi connectivity index (χ0n) is 21.4. The molecule has 0 aliphatic heterocycles. The Morgan fingerprint density at radius 2 is 2.03 bits per heavy atom. The number of anilines is 1. The summed E-state index contributed by atoms with van der Waals surface area (Å²) in [7, 11) is 3.89. The van der Waals surface area contributed by atoms with E-state index in [1.807, 2.05) is 51.1 Å². The molecule has 2 heterocycles. The molecule has 0 saturated heterocycles. The van der Waals surface area contributed by atoms with Crippen LogP contribution >= 0.6 is 25.1 Å². The number of benzene rings is 1. The van der Waals surface area contributed by atoms with Crippen molar-refractivity contribution in [2.45, 2.75) is 58.1 Å². The van der Waals surface area contributed by atoms with Crippen molar-refractivity contribution >= 4 is 42.3 Å². The summed E-state index contributed by atoms with van der Waals surface area (Å²) in [6.45, 7) is 8.10. The Morgan fingerprint density at radius 3 is 2.61 bits per heavy atom. The molecule has 3 aromatic rings. The van der Waals surface area contributed by atoms with E-state index >= 15 is 4.39 Å². The molecule has 196 valence electrons. The zero-order valence-corrected chi connectivity index (χ0v) is 23.2. The highest BCUT2D eigenvalue weighted by atomic mass is 35.5. The van der Waals surface area contributed by atoms with E-state index in [9.17, 15) is 4.79 Å². The maximum atomic E-state index is 15.4. The van der Waals surface area contributed by atoms with E-state index in [1.54, 1.807) is 12.4 Å². The summed E-state index contributed by atoms with van der Waals surface area (Å²) in [6.07, 6.45) is 4.73. The molecule has 1 amide bonds. The van der Waals surface area contributed by atoms with Gasteiger partial charge in [0.1, 0.15) is 28.5 Å². The van der Waals surface area contributed by atoms with Crippen molar-refractivity contribution in [3.05, 3.63) is 51.9 Å². The lowest BCUT2D eigenvalue weighted by atomic mass is 9.95. The standard InChI is InChI=1S/C25H32ClFN6O2.H2S/c1-13(2)35-21-16(14(3)23-30-15(4)20-22(28)29-9-10-33(20)23)11-17(26)19(27)18(21)24(34)31-25(7-8-25)12-32(5)6;/h9-11,13-14H,7-8,12H2,1-6H3,(H2,28,29)(H,31,34);1H2/t14-;/m0./s1. The van der Waals surface area contributed by atoms with Crippen LogP contribution in [0.5, 0.6) is 5.75 Å². The van der Waals surface area contributed by atoms with Crippen molar-refractivity contribution in [2.75, 3.05) is 26.4 Å². The number of rotatable bonds is 8. The maximum Gasteiger partial charge on any atom is 0.258 e. The number of nitrogens with two attached hydrogens (primary N) is 1. The van der Waals surface area contributed by atoms with E-state index in [4.69, 9.17) is 27.1 Å². The van der Waals surface area contributed by atoms with Gasteiger partial charge in [-0.25, -0.2) is 14.4 Å². The first-order valence-corrected chi connectivity index (χ1v) is 12.1. The lowest BCUT2D eigenvalue weighted by molar-refractivity contribution is 0.0912. The van der Waals surface area contributed by atoms with Crippen LogP contribution in [0.25, 0.3) is 5.52 Å². The summed E-state index contributed by atoms with van der Waals surface area (Å²) in [4.78, 5) is 24.4. The number of aryl methyl sites for hydroxylation is 1. The first-order chi connectivity index (χ1) is 16.4. The zero-order chi connectivity index (χ0) is 25.7. The molecule has 1 aliphatic rings. The minimum absolute atomic E-state index is 0. The molecule has 1 atom stereocenters. The quantitative estimate of drug-likeness (QED) is 0.446. The topological polar surface area (TPSA) is 97.8 Å². The number of carbonyl (C=O) groups excluding carboxylic acids is 1. The third kappa shape index (κ3) is 5.26. The molecule has 1 aromatic carbocycles. The van der Waals surface area contributed by atoms with Gasteiger partial charge < -0.3 is 20.7 Å². The monoisotopic (exact) mass is 536 g/mol. The van der Waals surface area contributed by atoms with E-state index in [1.165, 1.54) is 6.07 Å². The molecule has 0 radical (unpaired) electrons. The minimum atomic E-state index is -0.797. The van der Waals surface area contributed by atoms with Crippen LogP contribution in [0.1, 0.15) is 67.0 Å². The fraction of sp³-hybridized carbons (Fsp3) is 0.480. The average Bonchev–Trinajstić information content (AvgIpc) is 3.41. The molecular weight excluding hydrogens is 503 g/mol. The number of nitrogens with one attached hydrogen (secondary N) is 1. The molecule has 3 N–H and O–H groups in total. The molecule has 4 rings (SSSR count). The van der Waals surface area contributed by atoms with E-state index in [-0.39, 0.29) is 41.5 Å². The number of imidazole rings is 1. The predicted molar refractivity (Wildman–Crippen MR) is 145 cm³/mol. The first-order valence-electron chi connectivity index (χ1n) is 11.7. The molecule has 1 aliphatic carbocycles. The number of hydrogen-bond donors (Lipinski definition) is 2. The van der Waals surface area contributed by atoms with Gasteiger partial charge in [-0.05, 0) is 53.8 Å². The predicted octanol–water partition coefficient (Wildman–Crippen LogP) is 4.29. The van der Waals surface area contributed by atoms with Gasteiger partial charge in [0.2, 0.25) is 0 Å². The highest BCUT2D eigenvalue weighted by Crippen LogP contribution is 2.41. The summed E-state index contributed by atoms with van der Waals surface area (Å²) in [5.41, 5.74) is 7.51. The summed E-state index contributed by atoms with van der Waals surface area (Å²) in [5.74, 6) is -0.542. The molecule has 1 fully saturated rings. The van der Waals surface area contributed by atoms with E-state index < -0.39 is 17.6 Å². The Bertz CT molecular complexity index is 1290. The van der Waals surface area contributed by atoms with Crippen molar-refractivity contribution in [3.8, 4) is 5.75 Å². The Labute approximate surface area is 222 Å². The van der Waals surface area contributed by atoms with Gasteiger partial charge >= 0.3 is 0 Å². The second-order valence-corrected chi connectivity index (χ2v) is 10.3. The smallest absolute Gasteiger partial charge is 0.258 e. The molecule has 11 heteroatoms. The Balaban J connectivity index is 0.00000361. The van der Waals surface area contributed by atoms with Crippen LogP contribution < -0.4 is 15.8 Å². The number of halogens is 2. The summed E-state index contributed by atoms with van der Waals surface area (Å²) in [6, 6.07) is 1.52. The summed E-state index contributed by atoms with van der Waals surface area (Å²) >= 11 is 6.35. The summed E-state index contributed by atoms with van der Waals surface area (Å²) in [5, 5.41) is 2.89. The minimum Gasteiger partial charge on any atom is -0.490 e. The molecule has 36 heavy (non-hydrogen) atoms. The average molecular weight is 537 g/mol. The van der Waals surface area contributed by atoms with Gasteiger partial charge in [0.15, 0.2) is 5.82 Å². The maximum absolute atomic E-state index is 15.4. The third-order valence-corrected chi connectivity index (χ3v) is 6.55. The van der Waals surface area contributed by atoms with E-state index in [0.29, 0.717) is 35.0 Å². The second kappa shape index (κ2) is 10.4. The Morgan fingerprint density at radius 1 is 1.36 bits per heavy atom. The third-order valence-electron chi connectivity index (χ3n) is 6.27. The number of aromatic nitrogens is 3. The largest absolute Gasteiger partial charge is 0.490 e. The Hall–Kier alpha value is -2.56. The van der Waals surface area contributed by atoms with Crippen LogP contribution in [0.4, 0.5) is 10.2 Å². The lowest BCUT2D eigenvalue weighted by Crippen LogP contribution is -2.44. The molecule has 0 unspecified atom stereocenters. The second-order valence-electron chi connectivity index (χ2n) is 9.91. The van der Waals surface area contributed by atoms with Crippen LogP contribution in [0.15, 0.2) is 18.5 Å². The number of nitrogen functional groups attached to an aromatic ring is 1. The van der Waals surface area contributed by atoms with Crippen molar-refractivity contribution in [2.24, 2.45) is 0 Å². The molecule has 8 nitrogen and oxygen atoms in total.